The zero-order valence-electron chi connectivity index (χ0n) is 28.7. The molecule has 6 atom stereocenters. The molecule has 0 radical (unpaired) electrons. The van der Waals surface area contributed by atoms with Gasteiger partial charge in [-0.05, 0) is 55.6 Å². The van der Waals surface area contributed by atoms with Gasteiger partial charge in [-0.25, -0.2) is 9.78 Å². The van der Waals surface area contributed by atoms with Gasteiger partial charge in [0.05, 0.1) is 26.4 Å². The number of primary amides is 1. The number of carbonyl (C=O) groups is 3. The summed E-state index contributed by atoms with van der Waals surface area (Å²) in [4.78, 5) is 48.0. The number of hydrogen-bond donors (Lipinski definition) is 2. The van der Waals surface area contributed by atoms with Crippen molar-refractivity contribution in [2.24, 2.45) is 23.0 Å². The van der Waals surface area contributed by atoms with Crippen LogP contribution in [0.1, 0.15) is 53.4 Å². The molecule has 3 amide bonds. The number of ether oxygens (including phenoxy) is 5. The van der Waals surface area contributed by atoms with Gasteiger partial charge in [0, 0.05) is 37.5 Å². The van der Waals surface area contributed by atoms with Crippen molar-refractivity contribution in [3.63, 3.8) is 0 Å². The SMILES string of the molecule is CCOc1cc(OC2C[C@@H](C(N)=O)N(C(=O)[C@@H](NC(=O)OC3C[C@@H]4C[C@@H]4C3)C(C)(C)C)C2)c2ccc(OCCN3CCOCC3)c(Cl)c2n1. The number of nitrogens with one attached hydrogen (secondary N) is 1. The van der Waals surface area contributed by atoms with Crippen molar-refractivity contribution in [1.82, 2.24) is 20.1 Å². The van der Waals surface area contributed by atoms with Crippen LogP contribution in [0.4, 0.5) is 4.79 Å². The molecule has 2 aromatic rings. The Kier molecular flexibility index (Phi) is 10.6. The van der Waals surface area contributed by atoms with E-state index in [2.05, 4.69) is 15.2 Å². The Morgan fingerprint density at radius 1 is 1.06 bits per heavy atom. The first-order valence-electron chi connectivity index (χ1n) is 17.3. The second kappa shape index (κ2) is 14.7. The maximum atomic E-state index is 14.1. The highest BCUT2D eigenvalue weighted by atomic mass is 35.5. The highest BCUT2D eigenvalue weighted by Gasteiger charge is 2.48. The van der Waals surface area contributed by atoms with E-state index in [1.807, 2.05) is 33.8 Å². The number of nitrogens with zero attached hydrogens (tertiary/aromatic N) is 3. The molecule has 0 bridgehead atoms. The molecule has 13 nitrogen and oxygen atoms in total. The number of alkyl carbamates (subject to hydrolysis) is 1. The highest BCUT2D eigenvalue weighted by molar-refractivity contribution is 6.36. The quantitative estimate of drug-likeness (QED) is 0.334. The maximum absolute atomic E-state index is 14.1. The Bertz CT molecular complexity index is 1540. The molecule has 1 aromatic carbocycles. The molecule has 2 saturated carbocycles. The first kappa shape index (κ1) is 35.3. The van der Waals surface area contributed by atoms with E-state index >= 15 is 0 Å². The average Bonchev–Trinajstić information content (AvgIpc) is 3.43. The lowest BCUT2D eigenvalue weighted by Crippen LogP contribution is -2.57. The second-order valence-corrected chi connectivity index (χ2v) is 14.9. The van der Waals surface area contributed by atoms with Crippen LogP contribution in [-0.4, -0.2) is 110 Å². The fourth-order valence-corrected chi connectivity index (χ4v) is 7.44. The zero-order valence-corrected chi connectivity index (χ0v) is 29.5. The van der Waals surface area contributed by atoms with Crippen molar-refractivity contribution in [2.45, 2.75) is 77.7 Å². The maximum Gasteiger partial charge on any atom is 0.408 e. The molecule has 4 aliphatic rings. The first-order chi connectivity index (χ1) is 23.4. The monoisotopic (exact) mass is 701 g/mol. The number of likely N-dealkylation sites (tertiary alicyclic amines) is 1. The van der Waals surface area contributed by atoms with Crippen molar-refractivity contribution >= 4 is 40.4 Å². The third kappa shape index (κ3) is 8.26. The van der Waals surface area contributed by atoms with Crippen LogP contribution in [0.3, 0.4) is 0 Å². The van der Waals surface area contributed by atoms with E-state index in [9.17, 15) is 14.4 Å². The Morgan fingerprint density at radius 2 is 1.80 bits per heavy atom. The van der Waals surface area contributed by atoms with Crippen LogP contribution in [0, 0.1) is 17.3 Å². The fourth-order valence-electron chi connectivity index (χ4n) is 7.18. The minimum absolute atomic E-state index is 0.0754. The molecule has 3 N–H and O–H groups in total. The van der Waals surface area contributed by atoms with Gasteiger partial charge in [0.2, 0.25) is 17.7 Å². The summed E-state index contributed by atoms with van der Waals surface area (Å²) in [5.41, 5.74) is 5.59. The van der Waals surface area contributed by atoms with Crippen LogP contribution < -0.4 is 25.3 Å². The van der Waals surface area contributed by atoms with Gasteiger partial charge >= 0.3 is 6.09 Å². The van der Waals surface area contributed by atoms with E-state index < -0.39 is 41.5 Å². The van der Waals surface area contributed by atoms with Crippen molar-refractivity contribution in [3.05, 3.63) is 23.2 Å². The molecule has 3 heterocycles. The van der Waals surface area contributed by atoms with E-state index in [-0.39, 0.29) is 19.1 Å². The lowest BCUT2D eigenvalue weighted by Gasteiger charge is -2.35. The van der Waals surface area contributed by atoms with Gasteiger partial charge in [0.1, 0.15) is 52.9 Å². The summed E-state index contributed by atoms with van der Waals surface area (Å²) >= 11 is 6.84. The van der Waals surface area contributed by atoms with Crippen molar-refractivity contribution in [2.75, 3.05) is 52.6 Å². The number of pyridine rings is 1. The fraction of sp³-hybridized carbons (Fsp3) is 0.657. The molecule has 4 fully saturated rings. The molecule has 0 spiro atoms. The van der Waals surface area contributed by atoms with Gasteiger partial charge in [-0.1, -0.05) is 32.4 Å². The summed E-state index contributed by atoms with van der Waals surface area (Å²) in [5, 5.41) is 3.74. The lowest BCUT2D eigenvalue weighted by atomic mass is 9.85. The number of aromatic nitrogens is 1. The number of nitrogens with two attached hydrogens (primary N) is 1. The average molecular weight is 702 g/mol. The van der Waals surface area contributed by atoms with E-state index in [1.54, 1.807) is 12.1 Å². The molecular formula is C35H48ClN5O8. The third-order valence-corrected chi connectivity index (χ3v) is 10.3. The molecule has 2 saturated heterocycles. The molecule has 14 heteroatoms. The van der Waals surface area contributed by atoms with Crippen LogP contribution in [-0.2, 0) is 19.1 Å². The normalized spacial score (nSPS) is 25.8. The van der Waals surface area contributed by atoms with Crippen molar-refractivity contribution in [3.8, 4) is 17.4 Å². The Hall–Kier alpha value is -3.55. The molecule has 2 unspecified atom stereocenters. The zero-order chi connectivity index (χ0) is 34.9. The summed E-state index contributed by atoms with van der Waals surface area (Å²) < 4.78 is 29.4. The highest BCUT2D eigenvalue weighted by Crippen LogP contribution is 2.52. The van der Waals surface area contributed by atoms with Crippen molar-refractivity contribution < 1.29 is 38.1 Å². The number of hydrogen-bond acceptors (Lipinski definition) is 10. The van der Waals surface area contributed by atoms with Gasteiger partial charge in [0.15, 0.2) is 0 Å². The van der Waals surface area contributed by atoms with E-state index in [4.69, 9.17) is 41.0 Å². The summed E-state index contributed by atoms with van der Waals surface area (Å²) in [5.74, 6) is 1.45. The molecule has 2 aliphatic carbocycles. The minimum atomic E-state index is -0.955. The molecular weight excluding hydrogens is 654 g/mol. The van der Waals surface area contributed by atoms with Gasteiger partial charge in [-0.15, -0.1) is 0 Å². The number of amides is 3. The van der Waals surface area contributed by atoms with Crippen LogP contribution in [0.5, 0.6) is 17.4 Å². The largest absolute Gasteiger partial charge is 0.491 e. The van der Waals surface area contributed by atoms with Crippen LogP contribution in [0.2, 0.25) is 5.02 Å². The van der Waals surface area contributed by atoms with Gasteiger partial charge in [-0.3, -0.25) is 14.5 Å². The smallest absolute Gasteiger partial charge is 0.408 e. The Morgan fingerprint density at radius 3 is 2.47 bits per heavy atom. The molecule has 1 aromatic heterocycles. The first-order valence-corrected chi connectivity index (χ1v) is 17.7. The van der Waals surface area contributed by atoms with Crippen LogP contribution >= 0.6 is 11.6 Å². The predicted octanol–water partition coefficient (Wildman–Crippen LogP) is 3.77. The molecule has 268 valence electrons. The van der Waals surface area contributed by atoms with Gasteiger partial charge < -0.3 is 39.6 Å². The topological polar surface area (TPSA) is 155 Å². The van der Waals surface area contributed by atoms with E-state index in [1.165, 1.54) is 11.3 Å². The minimum Gasteiger partial charge on any atom is -0.491 e. The Labute approximate surface area is 292 Å². The predicted molar refractivity (Wildman–Crippen MR) is 182 cm³/mol. The number of carbonyl (C=O) groups excluding carboxylic acids is 3. The van der Waals surface area contributed by atoms with Crippen LogP contribution in [0.25, 0.3) is 10.9 Å². The summed E-state index contributed by atoms with van der Waals surface area (Å²) in [6.45, 7) is 12.2. The van der Waals surface area contributed by atoms with Gasteiger partial charge in [0.25, 0.3) is 0 Å². The second-order valence-electron chi connectivity index (χ2n) is 14.6. The number of fused-ring (bicyclic) bond motifs is 2. The number of morpholine rings is 1. The van der Waals surface area contributed by atoms with E-state index in [0.717, 1.165) is 32.5 Å². The Balaban J connectivity index is 1.17. The summed E-state index contributed by atoms with van der Waals surface area (Å²) in [6, 6.07) is 3.39. The van der Waals surface area contributed by atoms with Crippen LogP contribution in [0.15, 0.2) is 18.2 Å². The van der Waals surface area contributed by atoms with Crippen molar-refractivity contribution in [1.29, 1.82) is 0 Å². The standard InChI is InChI=1S/C35H48ClN5O8/c1-5-46-28-18-27(24-6-7-26(29(36)30(24)38-28)47-13-10-40-8-11-45-12-9-40)48-23-17-25(32(37)42)41(19-23)33(43)31(35(2,3)4)39-34(44)49-22-15-20-14-21(20)16-22/h6-7,18,20-23,25,31H,5,8-17,19H2,1-4H3,(H2,37,42)(H,39,44)/t20-,21+,22?,23?,25-,31+/m0/s1. The van der Waals surface area contributed by atoms with Gasteiger partial charge in [-0.2, -0.15) is 0 Å². The lowest BCUT2D eigenvalue weighted by molar-refractivity contribution is -0.141. The molecule has 49 heavy (non-hydrogen) atoms. The summed E-state index contributed by atoms with van der Waals surface area (Å²) in [6.07, 6.45) is 1.74. The number of benzene rings is 1. The number of halogens is 1. The third-order valence-electron chi connectivity index (χ3n) is 9.90. The number of rotatable bonds is 12. The summed E-state index contributed by atoms with van der Waals surface area (Å²) in [7, 11) is 0. The molecule has 6 rings (SSSR count). The van der Waals surface area contributed by atoms with E-state index in [0.29, 0.717) is 71.6 Å². The molecule has 2 aliphatic heterocycles.